The molecule has 0 unspecified atom stereocenters. The Morgan fingerprint density at radius 2 is 1.85 bits per heavy atom. The van der Waals surface area contributed by atoms with Gasteiger partial charge in [-0.05, 0) is 43.9 Å². The van der Waals surface area contributed by atoms with Gasteiger partial charge in [0.25, 0.3) is 0 Å². The van der Waals surface area contributed by atoms with E-state index in [9.17, 15) is 0 Å². The Bertz CT molecular complexity index is 595. The number of hydrogen-bond acceptors (Lipinski definition) is 3. The van der Waals surface area contributed by atoms with Crippen molar-refractivity contribution in [1.29, 1.82) is 0 Å². The van der Waals surface area contributed by atoms with E-state index in [0.717, 1.165) is 38.8 Å². The molecule has 0 amide bonds. The minimum absolute atomic E-state index is 0. The molecule has 5 nitrogen and oxygen atoms in total. The van der Waals surface area contributed by atoms with Crippen molar-refractivity contribution in [1.82, 2.24) is 10.2 Å². The smallest absolute Gasteiger partial charge is 0.193 e. The molecule has 3 rings (SSSR count). The van der Waals surface area contributed by atoms with Crippen molar-refractivity contribution < 1.29 is 4.74 Å². The standard InChI is InChI=1S/C21H34N4O.HI/c1-4-22-20(23-15-21(2)16-26-17-21)24(3)14-18-8-10-19(11-9-18)25-12-6-5-7-13-25;/h8-11H,4-7,12-17H2,1-3H3,(H,22,23);1H. The third kappa shape index (κ3) is 6.24. The van der Waals surface area contributed by atoms with Gasteiger partial charge in [0.1, 0.15) is 0 Å². The average molecular weight is 486 g/mol. The second kappa shape index (κ2) is 10.5. The van der Waals surface area contributed by atoms with E-state index in [4.69, 9.17) is 9.73 Å². The number of nitrogens with zero attached hydrogens (tertiary/aromatic N) is 3. The number of ether oxygens (including phenoxy) is 1. The molecule has 1 aromatic carbocycles. The molecule has 0 spiro atoms. The molecule has 6 heteroatoms. The summed E-state index contributed by atoms with van der Waals surface area (Å²) in [7, 11) is 2.11. The van der Waals surface area contributed by atoms with Crippen LogP contribution in [0, 0.1) is 5.41 Å². The molecule has 27 heavy (non-hydrogen) atoms. The fraction of sp³-hybridized carbons (Fsp3) is 0.667. The van der Waals surface area contributed by atoms with E-state index >= 15 is 0 Å². The van der Waals surface area contributed by atoms with Crippen molar-refractivity contribution in [3.05, 3.63) is 29.8 Å². The molecule has 2 heterocycles. The van der Waals surface area contributed by atoms with E-state index in [2.05, 4.69) is 60.3 Å². The quantitative estimate of drug-likeness (QED) is 0.378. The number of benzene rings is 1. The highest BCUT2D eigenvalue weighted by atomic mass is 127. The van der Waals surface area contributed by atoms with Gasteiger partial charge in [0.05, 0.1) is 19.8 Å². The van der Waals surface area contributed by atoms with Gasteiger partial charge in [-0.15, -0.1) is 24.0 Å². The maximum absolute atomic E-state index is 5.34. The number of halogens is 1. The normalized spacial score (nSPS) is 19.1. The molecule has 1 aromatic rings. The van der Waals surface area contributed by atoms with Gasteiger partial charge in [-0.1, -0.05) is 19.1 Å². The van der Waals surface area contributed by atoms with Crippen molar-refractivity contribution in [3.8, 4) is 0 Å². The predicted octanol–water partition coefficient (Wildman–Crippen LogP) is 3.73. The SMILES string of the molecule is CCNC(=NCC1(C)COC1)N(C)Cc1ccc(N2CCCCC2)cc1.I. The van der Waals surface area contributed by atoms with Crippen LogP contribution in [0.15, 0.2) is 29.3 Å². The lowest BCUT2D eigenvalue weighted by molar-refractivity contribution is -0.0946. The van der Waals surface area contributed by atoms with Crippen LogP contribution in [-0.2, 0) is 11.3 Å². The van der Waals surface area contributed by atoms with Gasteiger partial charge in [-0.3, -0.25) is 4.99 Å². The molecule has 0 atom stereocenters. The molecular formula is C21H35IN4O. The number of aliphatic imine (C=N–C) groups is 1. The van der Waals surface area contributed by atoms with Gasteiger partial charge >= 0.3 is 0 Å². The Hall–Kier alpha value is -1.02. The first-order valence-corrected chi connectivity index (χ1v) is 10.0. The van der Waals surface area contributed by atoms with Crippen molar-refractivity contribution in [2.45, 2.75) is 39.7 Å². The Labute approximate surface area is 181 Å². The summed E-state index contributed by atoms with van der Waals surface area (Å²) in [6, 6.07) is 9.05. The molecule has 2 aliphatic rings. The molecular weight excluding hydrogens is 451 g/mol. The lowest BCUT2D eigenvalue weighted by atomic mass is 9.89. The van der Waals surface area contributed by atoms with Crippen LogP contribution in [0.3, 0.4) is 0 Å². The zero-order valence-corrected chi connectivity index (χ0v) is 19.4. The molecule has 1 N–H and O–H groups in total. The molecule has 2 aliphatic heterocycles. The van der Waals surface area contributed by atoms with Gasteiger partial charge in [0.2, 0.25) is 0 Å². The van der Waals surface area contributed by atoms with Crippen LogP contribution < -0.4 is 10.2 Å². The summed E-state index contributed by atoms with van der Waals surface area (Å²) in [6.07, 6.45) is 4.00. The predicted molar refractivity (Wildman–Crippen MR) is 124 cm³/mol. The molecule has 2 fully saturated rings. The van der Waals surface area contributed by atoms with Crippen LogP contribution in [0.2, 0.25) is 0 Å². The first kappa shape index (κ1) is 22.3. The summed E-state index contributed by atoms with van der Waals surface area (Å²) in [5.74, 6) is 0.973. The van der Waals surface area contributed by atoms with Crippen LogP contribution in [0.5, 0.6) is 0 Å². The molecule has 0 saturated carbocycles. The summed E-state index contributed by atoms with van der Waals surface area (Å²) >= 11 is 0. The lowest BCUT2D eigenvalue weighted by Crippen LogP contribution is -2.44. The second-order valence-corrected chi connectivity index (χ2v) is 8.04. The highest BCUT2D eigenvalue weighted by Crippen LogP contribution is 2.26. The number of guanidine groups is 1. The van der Waals surface area contributed by atoms with E-state index in [1.807, 2.05) is 0 Å². The molecule has 0 radical (unpaired) electrons. The minimum Gasteiger partial charge on any atom is -0.380 e. The fourth-order valence-corrected chi connectivity index (χ4v) is 3.59. The maximum Gasteiger partial charge on any atom is 0.193 e. The van der Waals surface area contributed by atoms with E-state index in [1.165, 1.54) is 43.6 Å². The van der Waals surface area contributed by atoms with Crippen molar-refractivity contribution in [2.75, 3.05) is 51.3 Å². The average Bonchev–Trinajstić information content (AvgIpc) is 2.65. The minimum atomic E-state index is 0. The molecule has 0 bridgehead atoms. The molecule has 152 valence electrons. The molecule has 0 aromatic heterocycles. The zero-order chi connectivity index (χ0) is 18.4. The third-order valence-corrected chi connectivity index (χ3v) is 5.29. The highest BCUT2D eigenvalue weighted by molar-refractivity contribution is 14.0. The van der Waals surface area contributed by atoms with E-state index < -0.39 is 0 Å². The first-order chi connectivity index (χ1) is 12.6. The topological polar surface area (TPSA) is 40.1 Å². The van der Waals surface area contributed by atoms with Crippen LogP contribution >= 0.6 is 24.0 Å². The second-order valence-electron chi connectivity index (χ2n) is 8.04. The largest absolute Gasteiger partial charge is 0.380 e. The van der Waals surface area contributed by atoms with Gasteiger partial charge in [-0.25, -0.2) is 0 Å². The van der Waals surface area contributed by atoms with Crippen molar-refractivity contribution in [2.24, 2.45) is 10.4 Å². The molecule has 2 saturated heterocycles. The Morgan fingerprint density at radius 1 is 1.19 bits per heavy atom. The van der Waals surface area contributed by atoms with Gasteiger partial charge in [0, 0.05) is 44.3 Å². The summed E-state index contributed by atoms with van der Waals surface area (Å²) in [5.41, 5.74) is 2.88. The summed E-state index contributed by atoms with van der Waals surface area (Å²) in [4.78, 5) is 9.55. The Morgan fingerprint density at radius 3 is 2.41 bits per heavy atom. The van der Waals surface area contributed by atoms with Crippen LogP contribution in [0.4, 0.5) is 5.69 Å². The summed E-state index contributed by atoms with van der Waals surface area (Å²) in [6.45, 7) is 10.9. The van der Waals surface area contributed by atoms with E-state index in [0.29, 0.717) is 0 Å². The number of anilines is 1. The van der Waals surface area contributed by atoms with Crippen LogP contribution in [-0.4, -0.2) is 57.3 Å². The zero-order valence-electron chi connectivity index (χ0n) is 17.0. The van der Waals surface area contributed by atoms with Gasteiger partial charge in [-0.2, -0.15) is 0 Å². The monoisotopic (exact) mass is 486 g/mol. The molecule has 0 aliphatic carbocycles. The summed E-state index contributed by atoms with van der Waals surface area (Å²) < 4.78 is 5.34. The Balaban J connectivity index is 0.00000261. The van der Waals surface area contributed by atoms with E-state index in [1.54, 1.807) is 0 Å². The van der Waals surface area contributed by atoms with E-state index in [-0.39, 0.29) is 29.4 Å². The third-order valence-electron chi connectivity index (χ3n) is 5.29. The Kier molecular flexibility index (Phi) is 8.66. The number of rotatable bonds is 6. The number of piperidine rings is 1. The number of hydrogen-bond donors (Lipinski definition) is 1. The van der Waals surface area contributed by atoms with Crippen LogP contribution in [0.1, 0.15) is 38.7 Å². The van der Waals surface area contributed by atoms with Crippen molar-refractivity contribution in [3.63, 3.8) is 0 Å². The maximum atomic E-state index is 5.34. The number of nitrogens with one attached hydrogen (secondary N) is 1. The van der Waals surface area contributed by atoms with Crippen molar-refractivity contribution >= 4 is 35.6 Å². The van der Waals surface area contributed by atoms with Gasteiger partial charge < -0.3 is 19.9 Å². The first-order valence-electron chi connectivity index (χ1n) is 10.0. The highest BCUT2D eigenvalue weighted by Gasteiger charge is 2.33. The summed E-state index contributed by atoms with van der Waals surface area (Å²) in [5, 5.41) is 3.41. The lowest BCUT2D eigenvalue weighted by Gasteiger charge is -2.37. The van der Waals surface area contributed by atoms with Gasteiger partial charge in [0.15, 0.2) is 5.96 Å². The fourth-order valence-electron chi connectivity index (χ4n) is 3.59. The van der Waals surface area contributed by atoms with Crippen LogP contribution in [0.25, 0.3) is 0 Å².